The molecule has 1 aromatic carbocycles. The quantitative estimate of drug-likeness (QED) is 0.763. The highest BCUT2D eigenvalue weighted by Crippen LogP contribution is 2.28. The number of nitrogens with zero attached hydrogens (tertiary/aromatic N) is 4. The molecular formula is C20H30Cl2N6O. The topological polar surface area (TPSA) is 75.1 Å². The minimum atomic E-state index is 0. The van der Waals surface area contributed by atoms with E-state index in [0.717, 1.165) is 62.9 Å². The Labute approximate surface area is 184 Å². The number of aromatic nitrogens is 3. The number of nitrogens with one attached hydrogen (secondary N) is 2. The molecule has 0 unspecified atom stereocenters. The van der Waals surface area contributed by atoms with Crippen molar-refractivity contribution in [3.05, 3.63) is 41.0 Å². The Morgan fingerprint density at radius 2 is 1.83 bits per heavy atom. The molecular weight excluding hydrogens is 411 g/mol. The summed E-state index contributed by atoms with van der Waals surface area (Å²) >= 11 is 0. The van der Waals surface area contributed by atoms with Gasteiger partial charge in [-0.2, -0.15) is 0 Å². The van der Waals surface area contributed by atoms with Crippen LogP contribution in [-0.2, 0) is 17.9 Å². The molecule has 1 saturated heterocycles. The third kappa shape index (κ3) is 5.02. The first kappa shape index (κ1) is 23.4. The third-order valence-electron chi connectivity index (χ3n) is 5.76. The Kier molecular flexibility index (Phi) is 8.31. The standard InChI is InChI=1S/C20H28N6O.2ClH/c1-14-4-3-5-15(2)19(14)22-13-18(27)25-9-6-16(7-10-25)20-24-23-17-12-21-8-11-26(17)20;;/h3-5,16,21-22H,6-13H2,1-2H3;2*1H. The number of rotatable bonds is 4. The summed E-state index contributed by atoms with van der Waals surface area (Å²) < 4.78 is 2.27. The zero-order chi connectivity index (χ0) is 18.8. The number of aryl methyl sites for hydroxylation is 2. The predicted molar refractivity (Wildman–Crippen MR) is 119 cm³/mol. The maximum absolute atomic E-state index is 12.6. The van der Waals surface area contributed by atoms with E-state index < -0.39 is 0 Å². The average molecular weight is 441 g/mol. The summed E-state index contributed by atoms with van der Waals surface area (Å²) in [5, 5.41) is 15.4. The molecule has 3 heterocycles. The van der Waals surface area contributed by atoms with Gasteiger partial charge in [0.15, 0.2) is 0 Å². The molecule has 7 nitrogen and oxygen atoms in total. The molecule has 0 atom stereocenters. The molecule has 1 fully saturated rings. The summed E-state index contributed by atoms with van der Waals surface area (Å²) in [6.07, 6.45) is 1.92. The molecule has 1 aromatic heterocycles. The van der Waals surface area contributed by atoms with Crippen molar-refractivity contribution >= 4 is 36.4 Å². The summed E-state index contributed by atoms with van der Waals surface area (Å²) in [4.78, 5) is 14.6. The van der Waals surface area contributed by atoms with Gasteiger partial charge in [0.05, 0.1) is 13.1 Å². The van der Waals surface area contributed by atoms with Crippen molar-refractivity contribution in [2.45, 2.75) is 45.7 Å². The van der Waals surface area contributed by atoms with Crippen molar-refractivity contribution < 1.29 is 4.79 Å². The molecule has 2 aliphatic rings. The number of halogens is 2. The monoisotopic (exact) mass is 440 g/mol. The van der Waals surface area contributed by atoms with Crippen LogP contribution >= 0.6 is 24.8 Å². The Morgan fingerprint density at radius 3 is 2.52 bits per heavy atom. The van der Waals surface area contributed by atoms with Crippen LogP contribution in [0.25, 0.3) is 0 Å². The smallest absolute Gasteiger partial charge is 0.241 e. The van der Waals surface area contributed by atoms with E-state index in [4.69, 9.17) is 0 Å². The van der Waals surface area contributed by atoms with Gasteiger partial charge in [-0.05, 0) is 37.8 Å². The molecule has 2 aliphatic heterocycles. The van der Waals surface area contributed by atoms with Gasteiger partial charge in [-0.1, -0.05) is 18.2 Å². The van der Waals surface area contributed by atoms with Gasteiger partial charge >= 0.3 is 0 Å². The van der Waals surface area contributed by atoms with E-state index >= 15 is 0 Å². The Balaban J connectivity index is 0.00000150. The molecule has 29 heavy (non-hydrogen) atoms. The van der Waals surface area contributed by atoms with Crippen molar-refractivity contribution in [3.8, 4) is 0 Å². The predicted octanol–water partition coefficient (Wildman–Crippen LogP) is 2.66. The van der Waals surface area contributed by atoms with Gasteiger partial charge in [-0.25, -0.2) is 0 Å². The molecule has 2 aromatic rings. The number of benzene rings is 1. The summed E-state index contributed by atoms with van der Waals surface area (Å²) in [6, 6.07) is 6.18. The number of fused-ring (bicyclic) bond motifs is 1. The van der Waals surface area contributed by atoms with Crippen molar-refractivity contribution in [3.63, 3.8) is 0 Å². The van der Waals surface area contributed by atoms with Gasteiger partial charge in [-0.3, -0.25) is 4.79 Å². The molecule has 9 heteroatoms. The van der Waals surface area contributed by atoms with E-state index in [1.54, 1.807) is 0 Å². The molecule has 4 rings (SSSR count). The number of carbonyl (C=O) groups is 1. The lowest BCUT2D eigenvalue weighted by Gasteiger charge is -2.32. The SMILES string of the molecule is Cc1cccc(C)c1NCC(=O)N1CCC(c2nnc3n2CCNC3)CC1.Cl.Cl. The second-order valence-electron chi connectivity index (χ2n) is 7.58. The molecule has 0 spiro atoms. The number of piperidine rings is 1. The second-order valence-corrected chi connectivity index (χ2v) is 7.58. The van der Waals surface area contributed by atoms with Gasteiger partial charge in [0, 0.05) is 37.8 Å². The number of amides is 1. The minimum Gasteiger partial charge on any atom is -0.376 e. The molecule has 160 valence electrons. The van der Waals surface area contributed by atoms with E-state index in [9.17, 15) is 4.79 Å². The van der Waals surface area contributed by atoms with Crippen molar-refractivity contribution in [2.24, 2.45) is 0 Å². The van der Waals surface area contributed by atoms with E-state index in [1.165, 1.54) is 11.1 Å². The zero-order valence-corrected chi connectivity index (χ0v) is 18.6. The molecule has 0 saturated carbocycles. The van der Waals surface area contributed by atoms with E-state index in [2.05, 4.69) is 51.4 Å². The van der Waals surface area contributed by atoms with Crippen LogP contribution in [0.5, 0.6) is 0 Å². The van der Waals surface area contributed by atoms with Crippen LogP contribution in [0.15, 0.2) is 18.2 Å². The van der Waals surface area contributed by atoms with E-state index in [-0.39, 0.29) is 30.7 Å². The van der Waals surface area contributed by atoms with E-state index in [0.29, 0.717) is 12.5 Å². The highest BCUT2D eigenvalue weighted by atomic mass is 35.5. The number of likely N-dealkylation sites (tertiary alicyclic amines) is 1. The molecule has 2 N–H and O–H groups in total. The Bertz CT molecular complexity index is 812. The Morgan fingerprint density at radius 1 is 1.14 bits per heavy atom. The van der Waals surface area contributed by atoms with Crippen LogP contribution in [0.4, 0.5) is 5.69 Å². The fraction of sp³-hybridized carbons (Fsp3) is 0.550. The first-order chi connectivity index (χ1) is 13.1. The van der Waals surface area contributed by atoms with Gasteiger partial charge < -0.3 is 20.1 Å². The van der Waals surface area contributed by atoms with Crippen molar-refractivity contribution in [2.75, 3.05) is 31.5 Å². The van der Waals surface area contributed by atoms with Crippen LogP contribution in [0.1, 0.15) is 41.5 Å². The van der Waals surface area contributed by atoms with Crippen LogP contribution in [0.2, 0.25) is 0 Å². The van der Waals surface area contributed by atoms with Crippen LogP contribution in [-0.4, -0.2) is 51.8 Å². The molecule has 1 amide bonds. The van der Waals surface area contributed by atoms with Crippen LogP contribution < -0.4 is 10.6 Å². The number of hydrogen-bond donors (Lipinski definition) is 2. The normalized spacial score (nSPS) is 16.4. The first-order valence-electron chi connectivity index (χ1n) is 9.84. The number of para-hydroxylation sites is 1. The Hall–Kier alpha value is -1.83. The van der Waals surface area contributed by atoms with Crippen LogP contribution in [0.3, 0.4) is 0 Å². The lowest BCUT2D eigenvalue weighted by molar-refractivity contribution is -0.130. The van der Waals surface area contributed by atoms with Crippen molar-refractivity contribution in [1.82, 2.24) is 25.0 Å². The maximum Gasteiger partial charge on any atom is 0.241 e. The number of hydrogen-bond acceptors (Lipinski definition) is 5. The highest BCUT2D eigenvalue weighted by Gasteiger charge is 2.28. The molecule has 0 bridgehead atoms. The lowest BCUT2D eigenvalue weighted by atomic mass is 9.95. The number of anilines is 1. The van der Waals surface area contributed by atoms with Crippen LogP contribution in [0, 0.1) is 13.8 Å². The van der Waals surface area contributed by atoms with E-state index in [1.807, 2.05) is 11.0 Å². The zero-order valence-electron chi connectivity index (χ0n) is 17.0. The first-order valence-corrected chi connectivity index (χ1v) is 9.84. The third-order valence-corrected chi connectivity index (χ3v) is 5.76. The summed E-state index contributed by atoms with van der Waals surface area (Å²) in [5.41, 5.74) is 3.42. The van der Waals surface area contributed by atoms with Gasteiger partial charge in [0.25, 0.3) is 0 Å². The summed E-state index contributed by atoms with van der Waals surface area (Å²) in [6.45, 7) is 8.78. The number of carbonyl (C=O) groups excluding carboxylic acids is 1. The summed E-state index contributed by atoms with van der Waals surface area (Å²) in [5.74, 6) is 2.71. The minimum absolute atomic E-state index is 0. The molecule has 0 aliphatic carbocycles. The fourth-order valence-corrected chi connectivity index (χ4v) is 4.17. The fourth-order valence-electron chi connectivity index (χ4n) is 4.17. The molecule has 0 radical (unpaired) electrons. The average Bonchev–Trinajstić information content (AvgIpc) is 3.12. The van der Waals surface area contributed by atoms with Crippen molar-refractivity contribution in [1.29, 1.82) is 0 Å². The largest absolute Gasteiger partial charge is 0.376 e. The lowest BCUT2D eigenvalue weighted by Crippen LogP contribution is -2.41. The highest BCUT2D eigenvalue weighted by molar-refractivity contribution is 5.85. The second kappa shape index (κ2) is 10.3. The van der Waals surface area contributed by atoms with Gasteiger partial charge in [0.1, 0.15) is 11.6 Å². The maximum atomic E-state index is 12.6. The van der Waals surface area contributed by atoms with Gasteiger partial charge in [0.2, 0.25) is 5.91 Å². The van der Waals surface area contributed by atoms with Gasteiger partial charge in [-0.15, -0.1) is 35.0 Å². The summed E-state index contributed by atoms with van der Waals surface area (Å²) in [7, 11) is 0.